The van der Waals surface area contributed by atoms with Crippen LogP contribution in [0.5, 0.6) is 0 Å². The third-order valence-electron chi connectivity index (χ3n) is 5.03. The highest BCUT2D eigenvalue weighted by Crippen LogP contribution is 2.20. The van der Waals surface area contributed by atoms with Crippen LogP contribution in [0.1, 0.15) is 35.3 Å². The Labute approximate surface area is 200 Å². The average Bonchev–Trinajstić information content (AvgIpc) is 2.82. The van der Waals surface area contributed by atoms with E-state index in [-0.39, 0.29) is 11.4 Å². The van der Waals surface area contributed by atoms with Crippen molar-refractivity contribution in [3.8, 4) is 0 Å². The van der Waals surface area contributed by atoms with Gasteiger partial charge in [0.15, 0.2) is 5.78 Å². The predicted molar refractivity (Wildman–Crippen MR) is 140 cm³/mol. The first-order valence-electron chi connectivity index (χ1n) is 11.0. The second kappa shape index (κ2) is 12.0. The molecular weight excluding hydrogens is 426 g/mol. The molecule has 0 atom stereocenters. The topological polar surface area (TPSA) is 46.2 Å². The van der Waals surface area contributed by atoms with Crippen LogP contribution in [-0.4, -0.2) is 17.9 Å². The third kappa shape index (κ3) is 7.33. The molecule has 0 unspecified atom stereocenters. The van der Waals surface area contributed by atoms with Crippen LogP contribution >= 0.6 is 11.8 Å². The van der Waals surface area contributed by atoms with E-state index in [0.717, 1.165) is 16.9 Å². The fourth-order valence-electron chi connectivity index (χ4n) is 3.39. The maximum absolute atomic E-state index is 13.3. The first-order chi connectivity index (χ1) is 16.0. The Bertz CT molecular complexity index is 1150. The minimum atomic E-state index is -0.428. The van der Waals surface area contributed by atoms with Crippen molar-refractivity contribution < 1.29 is 9.59 Å². The third-order valence-corrected chi connectivity index (χ3v) is 5.75. The summed E-state index contributed by atoms with van der Waals surface area (Å²) in [4.78, 5) is 27.5. The molecule has 1 N–H and O–H groups in total. The summed E-state index contributed by atoms with van der Waals surface area (Å²) in [6, 6.07) is 24.9. The molecule has 0 aliphatic carbocycles. The Morgan fingerprint density at radius 1 is 0.939 bits per heavy atom. The van der Waals surface area contributed by atoms with Crippen LogP contribution in [0.3, 0.4) is 0 Å². The summed E-state index contributed by atoms with van der Waals surface area (Å²) in [7, 11) is 0. The molecule has 3 rings (SSSR count). The molecule has 3 nitrogen and oxygen atoms in total. The molecule has 0 aliphatic heterocycles. The van der Waals surface area contributed by atoms with Gasteiger partial charge in [0.05, 0.1) is 5.57 Å². The maximum Gasteiger partial charge on any atom is 0.259 e. The highest BCUT2D eigenvalue weighted by Gasteiger charge is 2.20. The summed E-state index contributed by atoms with van der Waals surface area (Å²) in [5, 5.41) is 2.88. The summed E-state index contributed by atoms with van der Waals surface area (Å²) in [5.74, 6) is -0.197. The molecular formula is C29H29NO2S. The number of hydrogen-bond donors (Lipinski definition) is 1. The lowest BCUT2D eigenvalue weighted by molar-refractivity contribution is -0.112. The highest BCUT2D eigenvalue weighted by atomic mass is 32.2. The molecule has 3 aromatic carbocycles. The Hall–Kier alpha value is -3.37. The number of nitrogens with one attached hydrogen (secondary N) is 1. The number of Topliss-reactive ketones (excluding diaryl/α,β-unsaturated/α-hetero) is 1. The van der Waals surface area contributed by atoms with Gasteiger partial charge in [-0.25, -0.2) is 0 Å². The molecule has 0 heterocycles. The quantitative estimate of drug-likeness (QED) is 0.0937. The average molecular weight is 456 g/mol. The number of hydrogen-bond acceptors (Lipinski definition) is 3. The minimum absolute atomic E-state index is 0.0911. The Morgan fingerprint density at radius 2 is 1.67 bits per heavy atom. The van der Waals surface area contributed by atoms with E-state index >= 15 is 0 Å². The van der Waals surface area contributed by atoms with Gasteiger partial charge in [-0.3, -0.25) is 9.59 Å². The number of anilines is 1. The lowest BCUT2D eigenvalue weighted by Crippen LogP contribution is -2.20. The lowest BCUT2D eigenvalue weighted by Gasteiger charge is -2.10. The molecule has 33 heavy (non-hydrogen) atoms. The van der Waals surface area contributed by atoms with E-state index in [1.807, 2.05) is 79.1 Å². The number of benzene rings is 3. The van der Waals surface area contributed by atoms with Crippen LogP contribution < -0.4 is 5.32 Å². The Balaban J connectivity index is 1.88. The van der Waals surface area contributed by atoms with Crippen molar-refractivity contribution in [1.82, 2.24) is 0 Å². The first-order valence-corrected chi connectivity index (χ1v) is 12.2. The summed E-state index contributed by atoms with van der Waals surface area (Å²) in [5.41, 5.74) is 3.41. The normalized spacial score (nSPS) is 11.7. The van der Waals surface area contributed by atoms with E-state index in [1.54, 1.807) is 36.0 Å². The van der Waals surface area contributed by atoms with Gasteiger partial charge in [-0.2, -0.15) is 0 Å². The Morgan fingerprint density at radius 3 is 2.33 bits per heavy atom. The second-order valence-corrected chi connectivity index (χ2v) is 9.04. The molecule has 0 spiro atoms. The summed E-state index contributed by atoms with van der Waals surface area (Å²) in [6.45, 7) is 4.32. The van der Waals surface area contributed by atoms with Gasteiger partial charge in [-0.05, 0) is 54.0 Å². The zero-order chi connectivity index (χ0) is 23.6. The van der Waals surface area contributed by atoms with E-state index < -0.39 is 5.91 Å². The standard InChI is InChI=1S/C29H29NO2S/c1-21(2)19-23-15-17-24(18-16-23)28(31)27(14-7-11-22-9-5-4-6-10-22)29(32)30-25-12-8-13-26(20-25)33-3/h4-18,20-21H,19H2,1-3H3,(H,30,32)/b11-7+,27-14-. The number of carbonyl (C=O) groups is 2. The van der Waals surface area contributed by atoms with Gasteiger partial charge in [-0.1, -0.05) is 86.7 Å². The largest absolute Gasteiger partial charge is 0.322 e. The van der Waals surface area contributed by atoms with Gasteiger partial charge in [0, 0.05) is 16.1 Å². The molecule has 0 fully saturated rings. The number of amides is 1. The predicted octanol–water partition coefficient (Wildman–Crippen LogP) is 7.07. The molecule has 4 heteroatoms. The van der Waals surface area contributed by atoms with Crippen LogP contribution in [0.15, 0.2) is 101 Å². The molecule has 0 saturated carbocycles. The van der Waals surface area contributed by atoms with E-state index in [2.05, 4.69) is 19.2 Å². The van der Waals surface area contributed by atoms with Gasteiger partial charge in [-0.15, -0.1) is 11.8 Å². The molecule has 0 saturated heterocycles. The zero-order valence-electron chi connectivity index (χ0n) is 19.2. The smallest absolute Gasteiger partial charge is 0.259 e. The van der Waals surface area contributed by atoms with Crippen molar-refractivity contribution >= 4 is 35.2 Å². The van der Waals surface area contributed by atoms with Crippen LogP contribution in [-0.2, 0) is 11.2 Å². The van der Waals surface area contributed by atoms with Crippen LogP contribution in [0.2, 0.25) is 0 Å². The number of rotatable bonds is 9. The van der Waals surface area contributed by atoms with Gasteiger partial charge in [0.1, 0.15) is 0 Å². The maximum atomic E-state index is 13.3. The molecule has 0 aromatic heterocycles. The molecule has 1 amide bonds. The number of allylic oxidation sites excluding steroid dienone is 2. The van der Waals surface area contributed by atoms with Crippen molar-refractivity contribution in [2.75, 3.05) is 11.6 Å². The SMILES string of the molecule is CSc1cccc(NC(=O)/C(=C\C=C\c2ccccc2)C(=O)c2ccc(CC(C)C)cc2)c1. The van der Waals surface area contributed by atoms with Crippen molar-refractivity contribution in [3.63, 3.8) is 0 Å². The highest BCUT2D eigenvalue weighted by molar-refractivity contribution is 7.98. The second-order valence-electron chi connectivity index (χ2n) is 8.16. The first kappa shape index (κ1) is 24.3. The number of carbonyl (C=O) groups excluding carboxylic acids is 2. The van der Waals surface area contributed by atoms with Gasteiger partial charge in [0.2, 0.25) is 0 Å². The number of thioether (sulfide) groups is 1. The minimum Gasteiger partial charge on any atom is -0.322 e. The van der Waals surface area contributed by atoms with E-state index in [9.17, 15) is 9.59 Å². The summed E-state index contributed by atoms with van der Waals surface area (Å²) >= 11 is 1.59. The Kier molecular flexibility index (Phi) is 8.85. The van der Waals surface area contributed by atoms with Crippen molar-refractivity contribution in [2.45, 2.75) is 25.2 Å². The fourth-order valence-corrected chi connectivity index (χ4v) is 3.85. The van der Waals surface area contributed by atoms with E-state index in [0.29, 0.717) is 17.2 Å². The molecule has 0 aliphatic rings. The van der Waals surface area contributed by atoms with Gasteiger partial charge >= 0.3 is 0 Å². The van der Waals surface area contributed by atoms with E-state index in [1.165, 1.54) is 5.56 Å². The fraction of sp³-hybridized carbons (Fsp3) is 0.172. The van der Waals surface area contributed by atoms with Crippen LogP contribution in [0.25, 0.3) is 6.08 Å². The monoisotopic (exact) mass is 455 g/mol. The molecule has 168 valence electrons. The molecule has 0 radical (unpaired) electrons. The van der Waals surface area contributed by atoms with Crippen molar-refractivity contribution in [1.29, 1.82) is 0 Å². The van der Waals surface area contributed by atoms with Gasteiger partial charge in [0.25, 0.3) is 5.91 Å². The lowest BCUT2D eigenvalue weighted by atomic mass is 9.97. The van der Waals surface area contributed by atoms with Crippen molar-refractivity contribution in [3.05, 3.63) is 113 Å². The van der Waals surface area contributed by atoms with E-state index in [4.69, 9.17) is 0 Å². The summed E-state index contributed by atoms with van der Waals surface area (Å²) in [6.07, 6.45) is 8.13. The van der Waals surface area contributed by atoms with Crippen molar-refractivity contribution in [2.24, 2.45) is 5.92 Å². The molecule has 3 aromatic rings. The zero-order valence-corrected chi connectivity index (χ0v) is 20.1. The van der Waals surface area contributed by atoms with Gasteiger partial charge < -0.3 is 5.32 Å². The number of ketones is 1. The van der Waals surface area contributed by atoms with Crippen LogP contribution in [0, 0.1) is 5.92 Å². The molecule has 0 bridgehead atoms. The van der Waals surface area contributed by atoms with Crippen LogP contribution in [0.4, 0.5) is 5.69 Å². The summed E-state index contributed by atoms with van der Waals surface area (Å²) < 4.78 is 0.